The van der Waals surface area contributed by atoms with Gasteiger partial charge in [0, 0.05) is 18.5 Å². The van der Waals surface area contributed by atoms with E-state index in [0.29, 0.717) is 6.07 Å². The van der Waals surface area contributed by atoms with Crippen molar-refractivity contribution in [2.45, 2.75) is 0 Å². The van der Waals surface area contributed by atoms with Gasteiger partial charge in [-0.15, -0.1) is 0 Å². The van der Waals surface area contributed by atoms with Crippen molar-refractivity contribution in [1.29, 1.82) is 0 Å². The molecule has 0 unspecified atom stereocenters. The lowest BCUT2D eigenvalue weighted by atomic mass is 10.2. The Balaban J connectivity index is 2.30. The summed E-state index contributed by atoms with van der Waals surface area (Å²) in [5.41, 5.74) is -0.800. The molecule has 0 aliphatic heterocycles. The molecular formula is C10H5F3N4O. The molecule has 0 fully saturated rings. The van der Waals surface area contributed by atoms with Gasteiger partial charge in [0.1, 0.15) is 0 Å². The highest BCUT2D eigenvalue weighted by Gasteiger charge is 2.19. The Bertz CT molecular complexity index is 591. The number of rotatable bonds is 2. The second-order valence-electron chi connectivity index (χ2n) is 3.14. The molecule has 2 heterocycles. The fourth-order valence-corrected chi connectivity index (χ4v) is 1.18. The molecule has 0 spiro atoms. The van der Waals surface area contributed by atoms with Gasteiger partial charge in [-0.3, -0.25) is 9.78 Å². The van der Waals surface area contributed by atoms with Crippen molar-refractivity contribution in [2.75, 3.05) is 5.32 Å². The predicted octanol–water partition coefficient (Wildman–Crippen LogP) is 1.54. The Morgan fingerprint density at radius 3 is 2.67 bits per heavy atom. The van der Waals surface area contributed by atoms with Gasteiger partial charge in [0.05, 0.1) is 11.8 Å². The molecule has 0 saturated heterocycles. The maximum atomic E-state index is 13.2. The summed E-state index contributed by atoms with van der Waals surface area (Å²) in [5.74, 6) is -5.52. The third kappa shape index (κ3) is 2.42. The van der Waals surface area contributed by atoms with E-state index in [1.165, 1.54) is 18.6 Å². The van der Waals surface area contributed by atoms with Crippen LogP contribution < -0.4 is 5.32 Å². The summed E-state index contributed by atoms with van der Waals surface area (Å²) < 4.78 is 38.8. The Kier molecular flexibility index (Phi) is 3.18. The van der Waals surface area contributed by atoms with E-state index in [1.807, 2.05) is 0 Å². The Hall–Kier alpha value is -2.51. The van der Waals surface area contributed by atoms with Crippen molar-refractivity contribution in [2.24, 2.45) is 0 Å². The molecule has 0 atom stereocenters. The molecule has 1 amide bonds. The van der Waals surface area contributed by atoms with Crippen molar-refractivity contribution in [1.82, 2.24) is 15.0 Å². The summed E-state index contributed by atoms with van der Waals surface area (Å²) in [4.78, 5) is 21.5. The van der Waals surface area contributed by atoms with Gasteiger partial charge in [0.15, 0.2) is 11.6 Å². The highest BCUT2D eigenvalue weighted by atomic mass is 19.2. The van der Waals surface area contributed by atoms with Crippen molar-refractivity contribution >= 4 is 11.7 Å². The van der Waals surface area contributed by atoms with Crippen molar-refractivity contribution in [3.05, 3.63) is 47.9 Å². The van der Waals surface area contributed by atoms with Crippen LogP contribution >= 0.6 is 0 Å². The molecule has 2 rings (SSSR count). The zero-order valence-electron chi connectivity index (χ0n) is 8.69. The van der Waals surface area contributed by atoms with E-state index >= 15 is 0 Å². The lowest BCUT2D eigenvalue weighted by Gasteiger charge is -2.04. The second kappa shape index (κ2) is 4.78. The SMILES string of the molecule is O=C(Nc1cnccn1)c1cc(F)nc(F)c1F. The summed E-state index contributed by atoms with van der Waals surface area (Å²) in [7, 11) is 0. The van der Waals surface area contributed by atoms with Crippen LogP contribution in [0.3, 0.4) is 0 Å². The molecule has 18 heavy (non-hydrogen) atoms. The van der Waals surface area contributed by atoms with Crippen LogP contribution in [-0.2, 0) is 0 Å². The van der Waals surface area contributed by atoms with E-state index in [-0.39, 0.29) is 5.82 Å². The summed E-state index contributed by atoms with van der Waals surface area (Å²) in [6.07, 6.45) is 3.85. The molecule has 0 bridgehead atoms. The van der Waals surface area contributed by atoms with Crippen molar-refractivity contribution < 1.29 is 18.0 Å². The van der Waals surface area contributed by atoms with Gasteiger partial charge < -0.3 is 5.32 Å². The topological polar surface area (TPSA) is 67.8 Å². The Labute approximate surface area is 98.7 Å². The zero-order chi connectivity index (χ0) is 13.1. The molecule has 0 aliphatic carbocycles. The van der Waals surface area contributed by atoms with Gasteiger partial charge >= 0.3 is 0 Å². The molecule has 0 saturated carbocycles. The largest absolute Gasteiger partial charge is 0.305 e. The lowest BCUT2D eigenvalue weighted by molar-refractivity contribution is 0.102. The van der Waals surface area contributed by atoms with Crippen LogP contribution in [0.4, 0.5) is 19.0 Å². The number of aromatic nitrogens is 3. The van der Waals surface area contributed by atoms with E-state index in [1.54, 1.807) is 0 Å². The Morgan fingerprint density at radius 2 is 2.00 bits per heavy atom. The number of halogens is 3. The first-order chi connectivity index (χ1) is 8.58. The quantitative estimate of drug-likeness (QED) is 0.825. The number of hydrogen-bond donors (Lipinski definition) is 1. The molecule has 0 radical (unpaired) electrons. The van der Waals surface area contributed by atoms with Gasteiger partial charge in [0.25, 0.3) is 11.9 Å². The van der Waals surface area contributed by atoms with Crippen molar-refractivity contribution in [3.63, 3.8) is 0 Å². The van der Waals surface area contributed by atoms with Crippen LogP contribution in [0.1, 0.15) is 10.4 Å². The average Bonchev–Trinajstić information content (AvgIpc) is 2.35. The lowest BCUT2D eigenvalue weighted by Crippen LogP contribution is -2.16. The summed E-state index contributed by atoms with van der Waals surface area (Å²) in [6.45, 7) is 0. The van der Waals surface area contributed by atoms with Crippen LogP contribution in [0, 0.1) is 17.7 Å². The predicted molar refractivity (Wildman–Crippen MR) is 54.1 cm³/mol. The number of hydrogen-bond acceptors (Lipinski definition) is 4. The van der Waals surface area contributed by atoms with E-state index in [0.717, 1.165) is 0 Å². The molecule has 0 aliphatic rings. The first kappa shape index (κ1) is 12.0. The smallest absolute Gasteiger partial charge is 0.260 e. The third-order valence-corrected chi connectivity index (χ3v) is 1.94. The Morgan fingerprint density at radius 1 is 1.22 bits per heavy atom. The summed E-state index contributed by atoms with van der Waals surface area (Å²) >= 11 is 0. The second-order valence-corrected chi connectivity index (χ2v) is 3.14. The van der Waals surface area contributed by atoms with E-state index in [4.69, 9.17) is 0 Å². The first-order valence-electron chi connectivity index (χ1n) is 4.67. The fourth-order valence-electron chi connectivity index (χ4n) is 1.18. The van der Waals surface area contributed by atoms with E-state index < -0.39 is 29.2 Å². The van der Waals surface area contributed by atoms with Crippen LogP contribution in [0.5, 0.6) is 0 Å². The van der Waals surface area contributed by atoms with Gasteiger partial charge in [-0.2, -0.15) is 13.8 Å². The highest BCUT2D eigenvalue weighted by molar-refractivity contribution is 6.03. The maximum Gasteiger partial charge on any atom is 0.260 e. The highest BCUT2D eigenvalue weighted by Crippen LogP contribution is 2.13. The molecule has 92 valence electrons. The zero-order valence-corrected chi connectivity index (χ0v) is 8.69. The van der Waals surface area contributed by atoms with Gasteiger partial charge in [-0.1, -0.05) is 0 Å². The molecule has 8 heteroatoms. The molecule has 5 nitrogen and oxygen atoms in total. The number of pyridine rings is 1. The number of carbonyl (C=O) groups excluding carboxylic acids is 1. The fraction of sp³-hybridized carbons (Fsp3) is 0. The number of amides is 1. The standard InChI is InChI=1S/C10H5F3N4O/c11-6-3-5(8(12)9(13)16-6)10(18)17-7-4-14-1-2-15-7/h1-4H,(H,15,17,18). The van der Waals surface area contributed by atoms with Crippen LogP contribution in [0.2, 0.25) is 0 Å². The number of carbonyl (C=O) groups is 1. The van der Waals surface area contributed by atoms with E-state index in [2.05, 4.69) is 20.3 Å². The molecule has 2 aromatic heterocycles. The minimum absolute atomic E-state index is 0.0273. The molecule has 0 aromatic carbocycles. The average molecular weight is 254 g/mol. The normalized spacial score (nSPS) is 10.2. The van der Waals surface area contributed by atoms with Crippen LogP contribution in [-0.4, -0.2) is 20.9 Å². The van der Waals surface area contributed by atoms with Gasteiger partial charge in [0.2, 0.25) is 5.95 Å². The van der Waals surface area contributed by atoms with Gasteiger partial charge in [-0.05, 0) is 0 Å². The molecule has 1 N–H and O–H groups in total. The minimum atomic E-state index is -1.68. The maximum absolute atomic E-state index is 13.2. The summed E-state index contributed by atoms with van der Waals surface area (Å²) in [6, 6.07) is 0.490. The van der Waals surface area contributed by atoms with Crippen LogP contribution in [0.25, 0.3) is 0 Å². The monoisotopic (exact) mass is 254 g/mol. The summed E-state index contributed by atoms with van der Waals surface area (Å²) in [5, 5.41) is 2.14. The molecular weight excluding hydrogens is 249 g/mol. The third-order valence-electron chi connectivity index (χ3n) is 1.94. The van der Waals surface area contributed by atoms with E-state index in [9.17, 15) is 18.0 Å². The number of anilines is 1. The first-order valence-corrected chi connectivity index (χ1v) is 4.67. The molecule has 2 aromatic rings. The van der Waals surface area contributed by atoms with Gasteiger partial charge in [-0.25, -0.2) is 9.37 Å². The number of nitrogens with one attached hydrogen (secondary N) is 1. The minimum Gasteiger partial charge on any atom is -0.305 e. The van der Waals surface area contributed by atoms with Crippen LogP contribution in [0.15, 0.2) is 24.7 Å². The number of nitrogens with zero attached hydrogens (tertiary/aromatic N) is 3. The van der Waals surface area contributed by atoms with Crippen molar-refractivity contribution in [3.8, 4) is 0 Å².